The van der Waals surface area contributed by atoms with Crippen molar-refractivity contribution in [3.63, 3.8) is 0 Å². The number of hydrogen-bond donors (Lipinski definition) is 1. The molecule has 4 heteroatoms. The van der Waals surface area contributed by atoms with Gasteiger partial charge in [0.1, 0.15) is 11.6 Å². The van der Waals surface area contributed by atoms with Gasteiger partial charge in [-0.05, 0) is 55.8 Å². The van der Waals surface area contributed by atoms with Crippen molar-refractivity contribution >= 4 is 11.0 Å². The van der Waals surface area contributed by atoms with Crippen LogP contribution < -0.4 is 10.1 Å². The molecule has 4 nitrogen and oxygen atoms in total. The van der Waals surface area contributed by atoms with E-state index in [0.29, 0.717) is 5.92 Å². The van der Waals surface area contributed by atoms with Crippen LogP contribution in [0, 0.1) is 5.92 Å². The first-order valence-electron chi connectivity index (χ1n) is 9.89. The monoisotopic (exact) mass is 365 g/mol. The Kier molecular flexibility index (Phi) is 6.51. The van der Waals surface area contributed by atoms with Crippen molar-refractivity contribution in [2.45, 2.75) is 39.7 Å². The molecule has 0 fully saturated rings. The van der Waals surface area contributed by atoms with Gasteiger partial charge in [0.05, 0.1) is 17.6 Å². The van der Waals surface area contributed by atoms with Gasteiger partial charge in [-0.25, -0.2) is 4.98 Å². The fourth-order valence-electron chi connectivity index (χ4n) is 3.43. The zero-order chi connectivity index (χ0) is 19.2. The smallest absolute Gasteiger partial charge is 0.122 e. The zero-order valence-electron chi connectivity index (χ0n) is 17.0. The van der Waals surface area contributed by atoms with Gasteiger partial charge in [-0.15, -0.1) is 0 Å². The Morgan fingerprint density at radius 1 is 1.15 bits per heavy atom. The second-order valence-electron chi connectivity index (χ2n) is 7.57. The molecule has 1 aliphatic heterocycles. The molecule has 0 bridgehead atoms. The first kappa shape index (κ1) is 19.4. The number of ether oxygens (including phenoxy) is 1. The van der Waals surface area contributed by atoms with E-state index < -0.39 is 0 Å². The van der Waals surface area contributed by atoms with Crippen LogP contribution in [0.4, 0.5) is 0 Å². The van der Waals surface area contributed by atoms with Gasteiger partial charge in [0.15, 0.2) is 0 Å². The SMILES string of the molecule is CC(C)CCn1c(Cc2ccc3c(c2)CCO3)nc2ccccc21.CNC. The summed E-state index contributed by atoms with van der Waals surface area (Å²) in [5.41, 5.74) is 5.00. The number of aryl methyl sites for hydroxylation is 1. The molecular formula is C23H31N3O. The lowest BCUT2D eigenvalue weighted by atomic mass is 10.1. The van der Waals surface area contributed by atoms with Gasteiger partial charge in [0.2, 0.25) is 0 Å². The third-order valence-corrected chi connectivity index (χ3v) is 4.78. The highest BCUT2D eigenvalue weighted by molar-refractivity contribution is 5.76. The fourth-order valence-corrected chi connectivity index (χ4v) is 3.43. The summed E-state index contributed by atoms with van der Waals surface area (Å²) < 4.78 is 8.02. The molecule has 0 aliphatic carbocycles. The van der Waals surface area contributed by atoms with Crippen LogP contribution in [0.25, 0.3) is 11.0 Å². The van der Waals surface area contributed by atoms with Crippen molar-refractivity contribution in [1.29, 1.82) is 0 Å². The van der Waals surface area contributed by atoms with Crippen LogP contribution in [0.1, 0.15) is 37.2 Å². The number of nitrogens with zero attached hydrogens (tertiary/aromatic N) is 2. The summed E-state index contributed by atoms with van der Waals surface area (Å²) in [6.07, 6.45) is 3.07. The Labute approximate surface area is 162 Å². The molecule has 3 aromatic rings. The number of para-hydroxylation sites is 2. The Morgan fingerprint density at radius 2 is 1.93 bits per heavy atom. The standard InChI is InChI=1S/C21H24N2O.C2H7N/c1-15(2)9-11-23-19-6-4-3-5-18(19)22-21(23)14-16-7-8-20-17(13-16)10-12-24-20;1-3-2/h3-8,13,15H,9-12,14H2,1-2H3;3H,1-2H3. The molecular weight excluding hydrogens is 334 g/mol. The fraction of sp³-hybridized carbons (Fsp3) is 0.435. The third kappa shape index (κ3) is 4.69. The summed E-state index contributed by atoms with van der Waals surface area (Å²) in [4.78, 5) is 4.91. The maximum absolute atomic E-state index is 5.62. The van der Waals surface area contributed by atoms with Crippen LogP contribution in [-0.2, 0) is 19.4 Å². The Balaban J connectivity index is 0.000000659. The van der Waals surface area contributed by atoms with E-state index in [4.69, 9.17) is 9.72 Å². The second kappa shape index (κ2) is 9.05. The van der Waals surface area contributed by atoms with E-state index in [1.165, 1.54) is 23.1 Å². The van der Waals surface area contributed by atoms with Gasteiger partial charge in [-0.2, -0.15) is 0 Å². The van der Waals surface area contributed by atoms with E-state index in [0.717, 1.165) is 43.1 Å². The molecule has 0 unspecified atom stereocenters. The molecule has 0 saturated carbocycles. The summed E-state index contributed by atoms with van der Waals surface area (Å²) in [6, 6.07) is 15.0. The second-order valence-corrected chi connectivity index (χ2v) is 7.57. The number of nitrogens with one attached hydrogen (secondary N) is 1. The van der Waals surface area contributed by atoms with E-state index in [9.17, 15) is 0 Å². The molecule has 4 rings (SSSR count). The molecule has 1 aliphatic rings. The highest BCUT2D eigenvalue weighted by Crippen LogP contribution is 2.27. The lowest BCUT2D eigenvalue weighted by molar-refractivity contribution is 0.357. The summed E-state index contributed by atoms with van der Waals surface area (Å²) in [5.74, 6) is 2.90. The largest absolute Gasteiger partial charge is 0.493 e. The number of hydrogen-bond acceptors (Lipinski definition) is 3. The number of aromatic nitrogens is 2. The van der Waals surface area contributed by atoms with Crippen molar-refractivity contribution in [3.8, 4) is 5.75 Å². The number of rotatable bonds is 5. The van der Waals surface area contributed by atoms with Crippen LogP contribution >= 0.6 is 0 Å². The topological polar surface area (TPSA) is 39.1 Å². The van der Waals surface area contributed by atoms with Crippen molar-refractivity contribution in [3.05, 3.63) is 59.4 Å². The maximum atomic E-state index is 5.62. The molecule has 0 atom stereocenters. The van der Waals surface area contributed by atoms with Crippen LogP contribution in [0.3, 0.4) is 0 Å². The Bertz CT molecular complexity index is 882. The Morgan fingerprint density at radius 3 is 2.70 bits per heavy atom. The molecule has 1 N–H and O–H groups in total. The first-order valence-corrected chi connectivity index (χ1v) is 9.89. The van der Waals surface area contributed by atoms with Crippen LogP contribution in [0.2, 0.25) is 0 Å². The molecule has 0 saturated heterocycles. The number of imidazole rings is 1. The number of fused-ring (bicyclic) bond motifs is 2. The Hall–Kier alpha value is -2.33. The molecule has 144 valence electrons. The summed E-state index contributed by atoms with van der Waals surface area (Å²) in [7, 11) is 3.75. The van der Waals surface area contributed by atoms with Gasteiger partial charge in [-0.1, -0.05) is 38.1 Å². The van der Waals surface area contributed by atoms with Gasteiger partial charge < -0.3 is 14.6 Å². The van der Waals surface area contributed by atoms with Crippen LogP contribution in [0.15, 0.2) is 42.5 Å². The maximum Gasteiger partial charge on any atom is 0.122 e. The molecule has 0 spiro atoms. The van der Waals surface area contributed by atoms with E-state index in [1.807, 2.05) is 14.1 Å². The highest BCUT2D eigenvalue weighted by Gasteiger charge is 2.15. The van der Waals surface area contributed by atoms with Crippen LogP contribution in [0.5, 0.6) is 5.75 Å². The molecule has 2 heterocycles. The molecule has 1 aromatic heterocycles. The minimum absolute atomic E-state index is 0.691. The van der Waals surface area contributed by atoms with Gasteiger partial charge in [0, 0.05) is 19.4 Å². The molecule has 27 heavy (non-hydrogen) atoms. The predicted molar refractivity (Wildman–Crippen MR) is 113 cm³/mol. The van der Waals surface area contributed by atoms with E-state index in [-0.39, 0.29) is 0 Å². The first-order chi connectivity index (χ1) is 13.1. The molecule has 0 amide bonds. The quantitative estimate of drug-likeness (QED) is 0.726. The summed E-state index contributed by atoms with van der Waals surface area (Å²) >= 11 is 0. The van der Waals surface area contributed by atoms with Crippen molar-refractivity contribution in [2.24, 2.45) is 5.92 Å². The van der Waals surface area contributed by atoms with E-state index in [2.05, 4.69) is 66.2 Å². The zero-order valence-corrected chi connectivity index (χ0v) is 17.0. The highest BCUT2D eigenvalue weighted by atomic mass is 16.5. The van der Waals surface area contributed by atoms with Crippen molar-refractivity contribution in [1.82, 2.24) is 14.9 Å². The molecule has 2 aromatic carbocycles. The molecule has 0 radical (unpaired) electrons. The van der Waals surface area contributed by atoms with Gasteiger partial charge in [-0.3, -0.25) is 0 Å². The average molecular weight is 366 g/mol. The lowest BCUT2D eigenvalue weighted by Crippen LogP contribution is -2.07. The van der Waals surface area contributed by atoms with Gasteiger partial charge in [0.25, 0.3) is 0 Å². The van der Waals surface area contributed by atoms with Gasteiger partial charge >= 0.3 is 0 Å². The number of benzene rings is 2. The van der Waals surface area contributed by atoms with Crippen molar-refractivity contribution in [2.75, 3.05) is 20.7 Å². The van der Waals surface area contributed by atoms with E-state index in [1.54, 1.807) is 0 Å². The average Bonchev–Trinajstić information content (AvgIpc) is 3.24. The summed E-state index contributed by atoms with van der Waals surface area (Å²) in [5, 5.41) is 2.75. The minimum atomic E-state index is 0.691. The van der Waals surface area contributed by atoms with Crippen LogP contribution in [-0.4, -0.2) is 30.3 Å². The summed E-state index contributed by atoms with van der Waals surface area (Å²) in [6.45, 7) is 6.39. The lowest BCUT2D eigenvalue weighted by Gasteiger charge is -2.11. The third-order valence-electron chi connectivity index (χ3n) is 4.78. The van der Waals surface area contributed by atoms with Crippen molar-refractivity contribution < 1.29 is 4.74 Å². The normalized spacial score (nSPS) is 12.6. The van der Waals surface area contributed by atoms with E-state index >= 15 is 0 Å². The predicted octanol–water partition coefficient (Wildman–Crippen LogP) is 4.44. The minimum Gasteiger partial charge on any atom is -0.493 e.